The Bertz CT molecular complexity index is 195. The maximum Gasteiger partial charge on any atom is 0.331 e. The number of carboxylic acids is 1. The number of hydrazone groups is 1. The van der Waals surface area contributed by atoms with Crippen molar-refractivity contribution in [2.45, 2.75) is 6.92 Å². The standard InChI is InChI=1S/C7H12N2O2/c1-6(7(10)11)4-5-8-9(2)3/h4-5H,1-3H3,(H,10,11)/b6-4+,8-5-. The quantitative estimate of drug-likeness (QED) is 0.369. The first-order chi connectivity index (χ1) is 5.04. The summed E-state index contributed by atoms with van der Waals surface area (Å²) >= 11 is 0. The first-order valence-corrected chi connectivity index (χ1v) is 3.15. The van der Waals surface area contributed by atoms with E-state index in [9.17, 15) is 4.79 Å². The van der Waals surface area contributed by atoms with Crippen LogP contribution in [0.15, 0.2) is 16.8 Å². The summed E-state index contributed by atoms with van der Waals surface area (Å²) in [5.74, 6) is -0.921. The highest BCUT2D eigenvalue weighted by atomic mass is 16.4. The van der Waals surface area contributed by atoms with Gasteiger partial charge in [0.05, 0.1) is 0 Å². The van der Waals surface area contributed by atoms with Crippen LogP contribution in [-0.4, -0.2) is 36.4 Å². The highest BCUT2D eigenvalue weighted by molar-refractivity contribution is 5.91. The van der Waals surface area contributed by atoms with Crippen molar-refractivity contribution in [3.8, 4) is 0 Å². The second-order valence-electron chi connectivity index (χ2n) is 2.27. The summed E-state index contributed by atoms with van der Waals surface area (Å²) < 4.78 is 0. The molecule has 0 aliphatic carbocycles. The van der Waals surface area contributed by atoms with Crippen molar-refractivity contribution in [3.63, 3.8) is 0 Å². The molecule has 0 heterocycles. The average Bonchev–Trinajstić information content (AvgIpc) is 1.86. The zero-order valence-electron chi connectivity index (χ0n) is 6.90. The van der Waals surface area contributed by atoms with Crippen LogP contribution in [-0.2, 0) is 4.79 Å². The number of rotatable bonds is 3. The molecule has 62 valence electrons. The third kappa shape index (κ3) is 5.14. The average molecular weight is 156 g/mol. The smallest absolute Gasteiger partial charge is 0.331 e. The van der Waals surface area contributed by atoms with E-state index in [4.69, 9.17) is 5.11 Å². The summed E-state index contributed by atoms with van der Waals surface area (Å²) in [7, 11) is 3.53. The van der Waals surface area contributed by atoms with Crippen LogP contribution in [0.2, 0.25) is 0 Å². The molecule has 0 aromatic heterocycles. The Morgan fingerprint density at radius 1 is 1.55 bits per heavy atom. The largest absolute Gasteiger partial charge is 0.478 e. The van der Waals surface area contributed by atoms with E-state index in [1.165, 1.54) is 19.2 Å². The second kappa shape index (κ2) is 4.49. The molecule has 11 heavy (non-hydrogen) atoms. The van der Waals surface area contributed by atoms with E-state index >= 15 is 0 Å². The van der Waals surface area contributed by atoms with Gasteiger partial charge in [0.25, 0.3) is 0 Å². The van der Waals surface area contributed by atoms with Gasteiger partial charge in [-0.3, -0.25) is 0 Å². The van der Waals surface area contributed by atoms with Gasteiger partial charge in [0.2, 0.25) is 0 Å². The first-order valence-electron chi connectivity index (χ1n) is 3.15. The molecule has 0 bridgehead atoms. The molecule has 0 aliphatic heterocycles. The molecule has 0 saturated heterocycles. The molecule has 0 spiro atoms. The summed E-state index contributed by atoms with van der Waals surface area (Å²) in [5, 5.41) is 13.8. The predicted molar refractivity (Wildman–Crippen MR) is 43.6 cm³/mol. The van der Waals surface area contributed by atoms with Gasteiger partial charge in [-0.05, 0) is 13.0 Å². The molecule has 4 heteroatoms. The SMILES string of the molecule is C/C(=C\C=N/N(C)C)C(=O)O. The maximum atomic E-state index is 10.2. The lowest BCUT2D eigenvalue weighted by atomic mass is 10.3. The molecule has 1 N–H and O–H groups in total. The van der Waals surface area contributed by atoms with E-state index in [1.54, 1.807) is 19.1 Å². The third-order valence-electron chi connectivity index (χ3n) is 0.959. The molecule has 0 radical (unpaired) electrons. The number of carboxylic acid groups (broad SMARTS) is 1. The van der Waals surface area contributed by atoms with Crippen molar-refractivity contribution >= 4 is 12.2 Å². The molecular weight excluding hydrogens is 144 g/mol. The second-order valence-corrected chi connectivity index (χ2v) is 2.27. The van der Waals surface area contributed by atoms with Crippen molar-refractivity contribution in [1.82, 2.24) is 5.01 Å². The Morgan fingerprint density at radius 2 is 2.09 bits per heavy atom. The van der Waals surface area contributed by atoms with Gasteiger partial charge in [-0.15, -0.1) is 0 Å². The van der Waals surface area contributed by atoms with Crippen LogP contribution < -0.4 is 0 Å². The molecule has 0 aromatic rings. The number of allylic oxidation sites excluding steroid dienone is 1. The number of hydrogen-bond acceptors (Lipinski definition) is 3. The van der Waals surface area contributed by atoms with Gasteiger partial charge in [0.15, 0.2) is 0 Å². The van der Waals surface area contributed by atoms with Crippen molar-refractivity contribution in [2.75, 3.05) is 14.1 Å². The molecule has 0 unspecified atom stereocenters. The first kappa shape index (κ1) is 9.68. The van der Waals surface area contributed by atoms with Gasteiger partial charge >= 0.3 is 5.97 Å². The Labute approximate surface area is 65.8 Å². The molecule has 0 amide bonds. The van der Waals surface area contributed by atoms with Crippen LogP contribution in [0.1, 0.15) is 6.92 Å². The molecule has 0 aliphatic rings. The summed E-state index contributed by atoms with van der Waals surface area (Å²) in [5.41, 5.74) is 0.274. The molecular formula is C7H12N2O2. The molecule has 0 rings (SSSR count). The summed E-state index contributed by atoms with van der Waals surface area (Å²) in [6.45, 7) is 1.52. The number of carbonyl (C=O) groups is 1. The Balaban J connectivity index is 4.02. The van der Waals surface area contributed by atoms with Gasteiger partial charge in [0, 0.05) is 25.9 Å². The van der Waals surface area contributed by atoms with E-state index in [0.717, 1.165) is 0 Å². The summed E-state index contributed by atoms with van der Waals surface area (Å²) in [6.07, 6.45) is 2.89. The number of hydrogen-bond donors (Lipinski definition) is 1. The lowest BCUT2D eigenvalue weighted by Gasteiger charge is -1.99. The topological polar surface area (TPSA) is 52.9 Å². The van der Waals surface area contributed by atoms with Crippen LogP contribution in [0.4, 0.5) is 0 Å². The normalized spacial score (nSPS) is 12.1. The molecule has 0 aromatic carbocycles. The van der Waals surface area contributed by atoms with E-state index in [2.05, 4.69) is 5.10 Å². The number of aliphatic carboxylic acids is 1. The fraction of sp³-hybridized carbons (Fsp3) is 0.429. The molecule has 0 fully saturated rings. The predicted octanol–water partition coefficient (Wildman–Crippen LogP) is 0.565. The monoisotopic (exact) mass is 156 g/mol. The fourth-order valence-corrected chi connectivity index (χ4v) is 0.350. The molecule has 4 nitrogen and oxygen atoms in total. The van der Waals surface area contributed by atoms with E-state index in [-0.39, 0.29) is 5.57 Å². The van der Waals surface area contributed by atoms with Crippen LogP contribution >= 0.6 is 0 Å². The minimum Gasteiger partial charge on any atom is -0.478 e. The highest BCUT2D eigenvalue weighted by Gasteiger charge is 1.95. The minimum atomic E-state index is -0.921. The Morgan fingerprint density at radius 3 is 2.45 bits per heavy atom. The zero-order valence-corrected chi connectivity index (χ0v) is 6.90. The fourth-order valence-electron chi connectivity index (χ4n) is 0.350. The van der Waals surface area contributed by atoms with Crippen molar-refractivity contribution < 1.29 is 9.90 Å². The van der Waals surface area contributed by atoms with E-state index in [1.807, 2.05) is 0 Å². The maximum absolute atomic E-state index is 10.2. The lowest BCUT2D eigenvalue weighted by Crippen LogP contribution is -2.01. The molecule has 0 saturated carbocycles. The summed E-state index contributed by atoms with van der Waals surface area (Å²) in [4.78, 5) is 10.2. The summed E-state index contributed by atoms with van der Waals surface area (Å²) in [6, 6.07) is 0. The Kier molecular flexibility index (Phi) is 3.95. The van der Waals surface area contributed by atoms with Gasteiger partial charge in [-0.1, -0.05) is 0 Å². The van der Waals surface area contributed by atoms with Gasteiger partial charge in [-0.25, -0.2) is 4.79 Å². The van der Waals surface area contributed by atoms with Crippen LogP contribution in [0.5, 0.6) is 0 Å². The van der Waals surface area contributed by atoms with E-state index < -0.39 is 5.97 Å². The highest BCUT2D eigenvalue weighted by Crippen LogP contribution is 1.88. The Hall–Kier alpha value is -1.32. The molecule has 0 atom stereocenters. The zero-order chi connectivity index (χ0) is 8.85. The minimum absolute atomic E-state index is 0.274. The third-order valence-corrected chi connectivity index (χ3v) is 0.959. The van der Waals surface area contributed by atoms with Crippen LogP contribution in [0, 0.1) is 0 Å². The van der Waals surface area contributed by atoms with Gasteiger partial charge in [-0.2, -0.15) is 5.10 Å². The van der Waals surface area contributed by atoms with Crippen LogP contribution in [0.25, 0.3) is 0 Å². The van der Waals surface area contributed by atoms with Gasteiger partial charge in [0.1, 0.15) is 0 Å². The van der Waals surface area contributed by atoms with Crippen molar-refractivity contribution in [3.05, 3.63) is 11.6 Å². The number of nitrogens with zero attached hydrogens (tertiary/aromatic N) is 2. The van der Waals surface area contributed by atoms with Crippen molar-refractivity contribution in [2.24, 2.45) is 5.10 Å². The van der Waals surface area contributed by atoms with Crippen LogP contribution in [0.3, 0.4) is 0 Å². The van der Waals surface area contributed by atoms with E-state index in [0.29, 0.717) is 0 Å². The van der Waals surface area contributed by atoms with Gasteiger partial charge < -0.3 is 10.1 Å². The van der Waals surface area contributed by atoms with Crippen molar-refractivity contribution in [1.29, 1.82) is 0 Å². The lowest BCUT2D eigenvalue weighted by molar-refractivity contribution is -0.132.